The molecule has 0 amide bonds. The molecule has 2 bridgehead atoms. The van der Waals surface area contributed by atoms with Crippen LogP contribution in [-0.4, -0.2) is 90.1 Å². The number of nitrogens with two attached hydrogens (primary N) is 2. The topological polar surface area (TPSA) is 232 Å². The molecule has 0 aromatic carbocycles. The van der Waals surface area contributed by atoms with E-state index >= 15 is 4.39 Å². The molecule has 9 atom stereocenters. The second kappa shape index (κ2) is 10.7. The monoisotopic (exact) mass is 640 g/mol. The van der Waals surface area contributed by atoms with Gasteiger partial charge in [-0.3, -0.25) is 28.0 Å². The van der Waals surface area contributed by atoms with E-state index in [1.807, 2.05) is 0 Å². The highest BCUT2D eigenvalue weighted by atomic mass is 32.7. The molecule has 7 rings (SSSR count). The number of ether oxygens (including phenoxy) is 4. The van der Waals surface area contributed by atoms with Gasteiger partial charge in [0.1, 0.15) is 24.1 Å². The molecule has 3 fully saturated rings. The van der Waals surface area contributed by atoms with Gasteiger partial charge in [0.2, 0.25) is 5.95 Å². The van der Waals surface area contributed by atoms with Crippen LogP contribution in [0.4, 0.5) is 16.2 Å². The van der Waals surface area contributed by atoms with E-state index in [-0.39, 0.29) is 42.1 Å². The lowest BCUT2D eigenvalue weighted by Gasteiger charge is -2.26. The molecular weight excluding hydrogens is 614 g/mol. The van der Waals surface area contributed by atoms with Gasteiger partial charge in [0.05, 0.1) is 32.0 Å². The molecule has 3 saturated heterocycles. The number of hydrogen-bond donors (Lipinski definition) is 4. The number of aromatic nitrogens is 8. The minimum atomic E-state index is -4.25. The first-order valence-electron chi connectivity index (χ1n) is 13.1. The molecule has 4 aromatic rings. The van der Waals surface area contributed by atoms with Gasteiger partial charge < -0.3 is 30.4 Å². The zero-order valence-electron chi connectivity index (χ0n) is 22.3. The number of aromatic amines is 1. The number of hydrogen-bond acceptors (Lipinski definition) is 15. The smallest absolute Gasteiger partial charge is 0.382 e. The van der Waals surface area contributed by atoms with Crippen molar-refractivity contribution in [1.82, 2.24) is 39.0 Å². The maximum atomic E-state index is 15.8. The fraction of sp³-hybridized carbons (Fsp3) is 0.545. The van der Waals surface area contributed by atoms with E-state index < -0.39 is 55.6 Å². The van der Waals surface area contributed by atoms with Crippen molar-refractivity contribution in [3.63, 3.8) is 0 Å². The van der Waals surface area contributed by atoms with Crippen LogP contribution in [0.15, 0.2) is 23.8 Å². The van der Waals surface area contributed by atoms with Crippen LogP contribution >= 0.6 is 19.0 Å². The second-order valence-corrected chi connectivity index (χ2v) is 13.0. The van der Waals surface area contributed by atoms with Gasteiger partial charge in [-0.1, -0.05) is 12.2 Å². The van der Waals surface area contributed by atoms with Gasteiger partial charge in [-0.2, -0.15) is 4.98 Å². The van der Waals surface area contributed by atoms with Crippen LogP contribution in [0.25, 0.3) is 22.3 Å². The third kappa shape index (κ3) is 4.87. The number of imidazole rings is 2. The molecular formula is C22H26FN10O8PS. The van der Waals surface area contributed by atoms with E-state index in [4.69, 9.17) is 39.5 Å². The normalized spacial score (nSPS) is 35.1. The molecule has 0 spiro atoms. The van der Waals surface area contributed by atoms with Crippen LogP contribution in [0, 0.1) is 5.92 Å². The fourth-order valence-corrected chi connectivity index (χ4v) is 7.18. The first-order valence-corrected chi connectivity index (χ1v) is 15.7. The van der Waals surface area contributed by atoms with Crippen molar-refractivity contribution < 1.29 is 37.0 Å². The zero-order chi connectivity index (χ0) is 30.0. The second-order valence-electron chi connectivity index (χ2n) is 10.1. The molecule has 7 heterocycles. The average Bonchev–Trinajstić information content (AvgIpc) is 3.72. The van der Waals surface area contributed by atoms with Crippen molar-refractivity contribution in [2.24, 2.45) is 5.92 Å². The summed E-state index contributed by atoms with van der Waals surface area (Å²) in [4.78, 5) is 35.3. The Hall–Kier alpha value is -3.23. The molecule has 5 N–H and O–H groups in total. The predicted molar refractivity (Wildman–Crippen MR) is 147 cm³/mol. The number of nitrogen functional groups attached to an aromatic ring is 2. The summed E-state index contributed by atoms with van der Waals surface area (Å²) in [5.74, 6) is -0.372. The maximum absolute atomic E-state index is 15.8. The average molecular weight is 641 g/mol. The molecule has 21 heteroatoms. The molecule has 230 valence electrons. The summed E-state index contributed by atoms with van der Waals surface area (Å²) >= 11 is 4.11. The predicted octanol–water partition coefficient (Wildman–Crippen LogP) is 0.706. The van der Waals surface area contributed by atoms with Crippen LogP contribution in [-0.2, 0) is 32.6 Å². The Morgan fingerprint density at radius 1 is 1.12 bits per heavy atom. The molecule has 4 aromatic heterocycles. The van der Waals surface area contributed by atoms with E-state index in [1.54, 1.807) is 4.57 Å². The summed E-state index contributed by atoms with van der Waals surface area (Å²) in [5, 5.41) is 0. The Morgan fingerprint density at radius 2 is 1.88 bits per heavy atom. The molecule has 3 aliphatic heterocycles. The van der Waals surface area contributed by atoms with E-state index in [0.717, 1.165) is 0 Å². The molecule has 0 aliphatic carbocycles. The van der Waals surface area contributed by atoms with Crippen LogP contribution in [0.1, 0.15) is 18.9 Å². The fourth-order valence-electron chi connectivity index (χ4n) is 5.73. The number of nitrogens with zero attached hydrogens (tertiary/aromatic N) is 7. The Kier molecular flexibility index (Phi) is 7.13. The first-order chi connectivity index (χ1) is 20.6. The Labute approximate surface area is 245 Å². The summed E-state index contributed by atoms with van der Waals surface area (Å²) < 4.78 is 67.3. The van der Waals surface area contributed by atoms with Gasteiger partial charge in [0, 0.05) is 13.0 Å². The van der Waals surface area contributed by atoms with Crippen LogP contribution in [0.3, 0.4) is 0 Å². The largest absolute Gasteiger partial charge is 0.386 e. The zero-order valence-corrected chi connectivity index (χ0v) is 24.1. The lowest BCUT2D eigenvalue weighted by Crippen LogP contribution is -2.35. The van der Waals surface area contributed by atoms with Crippen molar-refractivity contribution in [2.45, 2.75) is 49.7 Å². The highest BCUT2D eigenvalue weighted by Gasteiger charge is 2.53. The lowest BCUT2D eigenvalue weighted by atomic mass is 9.94. The van der Waals surface area contributed by atoms with Crippen molar-refractivity contribution in [1.29, 1.82) is 0 Å². The molecule has 0 radical (unpaired) electrons. The van der Waals surface area contributed by atoms with Gasteiger partial charge in [-0.15, -0.1) is 0 Å². The van der Waals surface area contributed by atoms with Crippen molar-refractivity contribution in [2.75, 3.05) is 31.8 Å². The summed E-state index contributed by atoms with van der Waals surface area (Å²) in [6.07, 6.45) is -3.86. The lowest BCUT2D eigenvalue weighted by molar-refractivity contribution is -0.169. The van der Waals surface area contributed by atoms with Crippen molar-refractivity contribution >= 4 is 53.1 Å². The molecule has 43 heavy (non-hydrogen) atoms. The highest BCUT2D eigenvalue weighted by Crippen LogP contribution is 2.58. The maximum Gasteiger partial charge on any atom is 0.386 e. The summed E-state index contributed by atoms with van der Waals surface area (Å²) in [5.41, 5.74) is 11.8. The Morgan fingerprint density at radius 3 is 2.67 bits per heavy atom. The minimum Gasteiger partial charge on any atom is -0.382 e. The van der Waals surface area contributed by atoms with Crippen LogP contribution in [0.5, 0.6) is 0 Å². The molecule has 18 nitrogen and oxygen atoms in total. The summed E-state index contributed by atoms with van der Waals surface area (Å²) in [6.45, 7) is -4.47. The van der Waals surface area contributed by atoms with Crippen molar-refractivity contribution in [3.05, 3.63) is 29.3 Å². The van der Waals surface area contributed by atoms with Crippen LogP contribution < -0.4 is 17.0 Å². The van der Waals surface area contributed by atoms with Crippen LogP contribution in [0.2, 0.25) is 0 Å². The quantitative estimate of drug-likeness (QED) is 0.178. The SMILES string of the molecule is CO[C@@H]1[C@@H]2CCOC3O[C@@H](n4cnc5c(=O)[nH]c(N)nc54)[C@H](OP(=O)(S)OC[C@H]2O[C@H]1n1cnc2c(N)ncnc21)[C@@H]3F. The number of methoxy groups -OCH3 is 1. The Bertz CT molecular complexity index is 1790. The van der Waals surface area contributed by atoms with Gasteiger partial charge in [0.25, 0.3) is 5.56 Å². The first kappa shape index (κ1) is 28.5. The molecule has 2 unspecified atom stereocenters. The molecule has 3 aliphatic rings. The number of H-pyrrole nitrogens is 1. The minimum absolute atomic E-state index is 0.00268. The summed E-state index contributed by atoms with van der Waals surface area (Å²) in [7, 11) is 1.52. The van der Waals surface area contributed by atoms with E-state index in [2.05, 4.69) is 42.2 Å². The van der Waals surface area contributed by atoms with Gasteiger partial charge in [0.15, 0.2) is 47.5 Å². The van der Waals surface area contributed by atoms with Gasteiger partial charge >= 0.3 is 6.80 Å². The summed E-state index contributed by atoms with van der Waals surface area (Å²) in [6, 6.07) is 0. The highest BCUT2D eigenvalue weighted by molar-refractivity contribution is 8.44. The number of nitrogens with one attached hydrogen (secondary N) is 1. The Balaban J connectivity index is 1.18. The third-order valence-corrected chi connectivity index (χ3v) is 9.29. The number of fused-ring (bicyclic) bond motifs is 5. The van der Waals surface area contributed by atoms with E-state index in [0.29, 0.717) is 17.6 Å². The van der Waals surface area contributed by atoms with E-state index in [1.165, 1.54) is 30.7 Å². The standard InChI is InChI=1S/C22H26FN10O8PS/c1-36-13-8-2-3-37-21-10(23)14(20(40-21)33-7-29-12-17(33)30-22(25)31-18(12)34)41-42(35,43)38-4-9(8)39-19(13)32-6-28-11-15(24)26-5-27-16(11)32/h5-10,13-14,19-21H,2-4H2,1H3,(H,35,43)(H2,24,26,27)(H3,25,30,31,34)/t8-,9-,10+,13-,14-,19-,20-,21?,42?/m1/s1. The van der Waals surface area contributed by atoms with E-state index in [9.17, 15) is 9.36 Å². The van der Waals surface area contributed by atoms with Crippen molar-refractivity contribution in [3.8, 4) is 0 Å². The number of alkyl halides is 1. The number of halogens is 1. The molecule has 0 saturated carbocycles. The van der Waals surface area contributed by atoms with Gasteiger partial charge in [-0.25, -0.2) is 28.9 Å². The number of anilines is 2. The third-order valence-electron chi connectivity index (χ3n) is 7.67. The van der Waals surface area contributed by atoms with Gasteiger partial charge in [-0.05, 0) is 6.42 Å². The number of thiol groups is 1. The number of rotatable bonds is 3.